The van der Waals surface area contributed by atoms with Gasteiger partial charge in [-0.25, -0.2) is 0 Å². The molecular formula is C20H25N5O4S. The molecule has 0 radical (unpaired) electrons. The van der Waals surface area contributed by atoms with Crippen LogP contribution in [0, 0.1) is 18.6 Å². The molecule has 3 aromatic rings. The molecule has 0 aliphatic rings. The van der Waals surface area contributed by atoms with Gasteiger partial charge in [-0.15, -0.1) is 0 Å². The zero-order valence-electron chi connectivity index (χ0n) is 17.4. The molecule has 0 atom stereocenters. The number of methoxy groups -OCH3 is 1. The second-order valence-electron chi connectivity index (χ2n) is 6.65. The van der Waals surface area contributed by atoms with Crippen molar-refractivity contribution >= 4 is 18.1 Å². The maximum absolute atomic E-state index is 12.5. The van der Waals surface area contributed by atoms with Gasteiger partial charge in [0.05, 0.1) is 18.4 Å². The van der Waals surface area contributed by atoms with Crippen LogP contribution in [0.5, 0.6) is 11.5 Å². The summed E-state index contributed by atoms with van der Waals surface area (Å²) in [5, 5.41) is 13.8. The summed E-state index contributed by atoms with van der Waals surface area (Å²) in [6, 6.07) is 5.07. The van der Waals surface area contributed by atoms with Crippen molar-refractivity contribution in [1.29, 1.82) is 0 Å². The Bertz CT molecular complexity index is 1070. The van der Waals surface area contributed by atoms with E-state index in [-0.39, 0.29) is 5.91 Å². The number of rotatable bonds is 9. The number of hydrogen-bond acceptors (Lipinski definition) is 7. The van der Waals surface area contributed by atoms with Crippen molar-refractivity contribution in [2.24, 2.45) is 0 Å². The first-order chi connectivity index (χ1) is 14.4. The number of H-pyrrole nitrogens is 1. The molecule has 0 fully saturated rings. The number of nitrogens with one attached hydrogen (secondary N) is 2. The number of carbonyl (C=O) groups is 1. The molecule has 0 spiro atoms. The first-order valence-electron chi connectivity index (χ1n) is 9.59. The third kappa shape index (κ3) is 4.70. The molecule has 9 nitrogen and oxygen atoms in total. The highest BCUT2D eigenvalue weighted by Gasteiger charge is 2.14. The lowest BCUT2D eigenvalue weighted by molar-refractivity contribution is 0.0953. The number of aryl methyl sites for hydroxylation is 2. The lowest BCUT2D eigenvalue weighted by atomic mass is 10.2. The second-order valence-corrected chi connectivity index (χ2v) is 7.04. The molecule has 0 saturated carbocycles. The van der Waals surface area contributed by atoms with Gasteiger partial charge < -0.3 is 23.9 Å². The monoisotopic (exact) mass is 431 g/mol. The topological polar surface area (TPSA) is 107 Å². The maximum Gasteiger partial charge on any atom is 0.251 e. The lowest BCUT2D eigenvalue weighted by Crippen LogP contribution is -2.26. The van der Waals surface area contributed by atoms with Crippen LogP contribution >= 0.6 is 12.2 Å². The molecule has 2 heterocycles. The van der Waals surface area contributed by atoms with Gasteiger partial charge in [-0.3, -0.25) is 9.89 Å². The fourth-order valence-corrected chi connectivity index (χ4v) is 3.32. The van der Waals surface area contributed by atoms with Crippen LogP contribution in [0.2, 0.25) is 0 Å². The van der Waals surface area contributed by atoms with Gasteiger partial charge in [-0.1, -0.05) is 5.16 Å². The molecule has 0 aliphatic heterocycles. The molecule has 0 unspecified atom stereocenters. The Labute approximate surface area is 179 Å². The first-order valence-corrected chi connectivity index (χ1v) is 10.00. The van der Waals surface area contributed by atoms with E-state index < -0.39 is 0 Å². The molecular weight excluding hydrogens is 406 g/mol. The van der Waals surface area contributed by atoms with Crippen LogP contribution in [0.4, 0.5) is 0 Å². The first kappa shape index (κ1) is 21.6. The number of carbonyl (C=O) groups excluding carboxylic acids is 1. The van der Waals surface area contributed by atoms with Crippen molar-refractivity contribution in [2.75, 3.05) is 13.7 Å². The van der Waals surface area contributed by atoms with E-state index in [1.165, 1.54) is 7.11 Å². The van der Waals surface area contributed by atoms with Crippen molar-refractivity contribution < 1.29 is 18.8 Å². The van der Waals surface area contributed by atoms with Crippen LogP contribution in [-0.4, -0.2) is 39.5 Å². The van der Waals surface area contributed by atoms with Crippen molar-refractivity contribution in [2.45, 2.75) is 40.3 Å². The predicted molar refractivity (Wildman–Crippen MR) is 112 cm³/mol. The highest BCUT2D eigenvalue weighted by Crippen LogP contribution is 2.29. The molecule has 2 N–H and O–H groups in total. The molecule has 1 amide bonds. The summed E-state index contributed by atoms with van der Waals surface area (Å²) in [6.07, 6.45) is 0.572. The number of nitrogens with zero attached hydrogens (tertiary/aromatic N) is 3. The number of ether oxygens (including phenoxy) is 2. The largest absolute Gasteiger partial charge is 0.493 e. The Hall–Kier alpha value is -3.14. The van der Waals surface area contributed by atoms with E-state index in [0.717, 1.165) is 23.6 Å². The molecule has 160 valence electrons. The number of aromatic amines is 1. The van der Waals surface area contributed by atoms with Crippen LogP contribution in [-0.2, 0) is 19.6 Å². The molecule has 10 heteroatoms. The van der Waals surface area contributed by atoms with Gasteiger partial charge in [-0.05, 0) is 51.2 Å². The highest BCUT2D eigenvalue weighted by molar-refractivity contribution is 7.71. The quantitative estimate of drug-likeness (QED) is 0.501. The summed E-state index contributed by atoms with van der Waals surface area (Å²) in [5.74, 6) is 2.33. The van der Waals surface area contributed by atoms with Crippen molar-refractivity contribution in [3.8, 4) is 11.5 Å². The smallest absolute Gasteiger partial charge is 0.251 e. The van der Waals surface area contributed by atoms with E-state index in [9.17, 15) is 4.79 Å². The fraction of sp³-hybridized carbons (Fsp3) is 0.400. The van der Waals surface area contributed by atoms with E-state index in [4.69, 9.17) is 26.2 Å². The van der Waals surface area contributed by atoms with Gasteiger partial charge in [0.15, 0.2) is 16.3 Å². The SMILES string of the molecule is CCn1c(CCNC(=O)c2ccc(OCc3c(C)noc3C)c(OC)c2)n[nH]c1=S. The Morgan fingerprint density at radius 3 is 2.80 bits per heavy atom. The summed E-state index contributed by atoms with van der Waals surface area (Å²) in [7, 11) is 1.53. The highest BCUT2D eigenvalue weighted by atomic mass is 32.1. The summed E-state index contributed by atoms with van der Waals surface area (Å²) >= 11 is 5.18. The van der Waals surface area contributed by atoms with Crippen LogP contribution in [0.3, 0.4) is 0 Å². The number of hydrogen-bond donors (Lipinski definition) is 2. The van der Waals surface area contributed by atoms with Crippen molar-refractivity contribution in [3.05, 3.63) is 51.4 Å². The summed E-state index contributed by atoms with van der Waals surface area (Å²) in [5.41, 5.74) is 2.15. The van der Waals surface area contributed by atoms with E-state index >= 15 is 0 Å². The summed E-state index contributed by atoms with van der Waals surface area (Å²) in [6.45, 7) is 7.16. The third-order valence-electron chi connectivity index (χ3n) is 4.77. The molecule has 0 aliphatic carbocycles. The van der Waals surface area contributed by atoms with Gasteiger partial charge in [0.1, 0.15) is 18.2 Å². The van der Waals surface area contributed by atoms with E-state index in [1.807, 2.05) is 25.3 Å². The Balaban J connectivity index is 1.61. The predicted octanol–water partition coefficient (Wildman–Crippen LogP) is 3.13. The lowest BCUT2D eigenvalue weighted by Gasteiger charge is -2.12. The minimum Gasteiger partial charge on any atom is -0.493 e. The molecule has 1 aromatic carbocycles. The Morgan fingerprint density at radius 2 is 2.13 bits per heavy atom. The van der Waals surface area contributed by atoms with Gasteiger partial charge in [0, 0.05) is 25.1 Å². The summed E-state index contributed by atoms with van der Waals surface area (Å²) < 4.78 is 18.9. The minimum absolute atomic E-state index is 0.206. The minimum atomic E-state index is -0.206. The molecule has 0 bridgehead atoms. The fourth-order valence-electron chi connectivity index (χ4n) is 3.04. The van der Waals surface area contributed by atoms with Crippen molar-refractivity contribution in [1.82, 2.24) is 25.2 Å². The van der Waals surface area contributed by atoms with Crippen LogP contribution in [0.15, 0.2) is 22.7 Å². The zero-order chi connectivity index (χ0) is 21.7. The van der Waals surface area contributed by atoms with Gasteiger partial charge in [0.25, 0.3) is 5.91 Å². The number of benzene rings is 1. The van der Waals surface area contributed by atoms with Crippen LogP contribution in [0.1, 0.15) is 40.1 Å². The normalized spacial score (nSPS) is 10.8. The van der Waals surface area contributed by atoms with Gasteiger partial charge in [0.2, 0.25) is 0 Å². The molecule has 30 heavy (non-hydrogen) atoms. The Morgan fingerprint density at radius 1 is 1.33 bits per heavy atom. The average molecular weight is 432 g/mol. The van der Waals surface area contributed by atoms with E-state index in [2.05, 4.69) is 20.7 Å². The molecule has 0 saturated heterocycles. The van der Waals surface area contributed by atoms with Crippen LogP contribution in [0.25, 0.3) is 0 Å². The standard InChI is InChI=1S/C20H25N5O4S/c1-5-25-18(22-23-20(25)30)8-9-21-19(26)14-6-7-16(17(10-14)27-4)28-11-15-12(2)24-29-13(15)3/h6-7,10H,5,8-9,11H2,1-4H3,(H,21,26)(H,23,30). The Kier molecular flexibility index (Phi) is 6.88. The van der Waals surface area contributed by atoms with Crippen LogP contribution < -0.4 is 14.8 Å². The van der Waals surface area contributed by atoms with Gasteiger partial charge in [-0.2, -0.15) is 5.10 Å². The second kappa shape index (κ2) is 9.57. The van der Waals surface area contributed by atoms with Gasteiger partial charge >= 0.3 is 0 Å². The third-order valence-corrected chi connectivity index (χ3v) is 5.08. The maximum atomic E-state index is 12.5. The number of amides is 1. The van der Waals surface area contributed by atoms with E-state index in [1.54, 1.807) is 18.2 Å². The van der Waals surface area contributed by atoms with Crippen molar-refractivity contribution in [3.63, 3.8) is 0 Å². The van der Waals surface area contributed by atoms with E-state index in [0.29, 0.717) is 47.2 Å². The number of aromatic nitrogens is 4. The zero-order valence-corrected chi connectivity index (χ0v) is 18.3. The molecule has 3 rings (SSSR count). The average Bonchev–Trinajstić information content (AvgIpc) is 3.27. The summed E-state index contributed by atoms with van der Waals surface area (Å²) in [4.78, 5) is 12.5. The molecule has 2 aromatic heterocycles.